The maximum Gasteiger partial charge on any atom is 0.275 e. The molecule has 2 aromatic carbocycles. The van der Waals surface area contributed by atoms with E-state index in [4.69, 9.17) is 4.74 Å². The van der Waals surface area contributed by atoms with E-state index in [1.54, 1.807) is 24.3 Å². The Kier molecular flexibility index (Phi) is 8.58. The number of para-hydroxylation sites is 2. The van der Waals surface area contributed by atoms with Gasteiger partial charge in [0.05, 0.1) is 18.2 Å². The van der Waals surface area contributed by atoms with Crippen LogP contribution in [0, 0.1) is 0 Å². The van der Waals surface area contributed by atoms with Crippen LogP contribution in [0.5, 0.6) is 11.5 Å². The number of ether oxygens (including phenoxy) is 1. The van der Waals surface area contributed by atoms with Gasteiger partial charge >= 0.3 is 0 Å². The molecule has 1 aromatic heterocycles. The van der Waals surface area contributed by atoms with Crippen LogP contribution in [0.25, 0.3) is 5.69 Å². The summed E-state index contributed by atoms with van der Waals surface area (Å²) in [6.45, 7) is 1.26. The molecule has 0 aliphatic heterocycles. The summed E-state index contributed by atoms with van der Waals surface area (Å²) in [6.07, 6.45) is 0.00269. The monoisotopic (exact) mass is 428 g/mol. The summed E-state index contributed by atoms with van der Waals surface area (Å²) in [6, 6.07) is 19.6. The molecule has 0 radical (unpaired) electrons. The van der Waals surface area contributed by atoms with Crippen molar-refractivity contribution >= 4 is 18.3 Å². The zero-order valence-corrected chi connectivity index (χ0v) is 17.8. The maximum absolute atomic E-state index is 12.6. The number of benzene rings is 2. The Morgan fingerprint density at radius 3 is 2.33 bits per heavy atom. The normalized spacial score (nSPS) is 10.4. The fourth-order valence-corrected chi connectivity index (χ4v) is 2.69. The van der Waals surface area contributed by atoms with Crippen molar-refractivity contribution in [3.63, 3.8) is 0 Å². The Bertz CT molecular complexity index is 1010. The van der Waals surface area contributed by atoms with Crippen molar-refractivity contribution in [1.82, 2.24) is 20.0 Å². The fourth-order valence-electron chi connectivity index (χ4n) is 2.69. The number of amides is 1. The van der Waals surface area contributed by atoms with E-state index >= 15 is 0 Å². The van der Waals surface area contributed by atoms with Gasteiger partial charge in [0.25, 0.3) is 5.56 Å². The van der Waals surface area contributed by atoms with Crippen molar-refractivity contribution in [2.75, 3.05) is 27.2 Å². The van der Waals surface area contributed by atoms with Crippen LogP contribution >= 0.6 is 12.4 Å². The van der Waals surface area contributed by atoms with Crippen LogP contribution in [0.15, 0.2) is 71.5 Å². The van der Waals surface area contributed by atoms with Crippen molar-refractivity contribution in [3.8, 4) is 17.2 Å². The number of halogens is 1. The summed E-state index contributed by atoms with van der Waals surface area (Å²) in [7, 11) is 3.88. The molecule has 158 valence electrons. The second-order valence-electron chi connectivity index (χ2n) is 6.79. The molecular weight excluding hydrogens is 404 g/mol. The smallest absolute Gasteiger partial charge is 0.275 e. The number of aromatic nitrogens is 2. The van der Waals surface area contributed by atoms with Crippen LogP contribution in [-0.2, 0) is 11.2 Å². The van der Waals surface area contributed by atoms with Gasteiger partial charge in [-0.3, -0.25) is 9.59 Å². The molecule has 0 unspecified atom stereocenters. The molecule has 0 atom stereocenters. The van der Waals surface area contributed by atoms with Gasteiger partial charge in [-0.15, -0.1) is 12.4 Å². The minimum Gasteiger partial charge on any atom is -0.455 e. The Morgan fingerprint density at radius 1 is 1.07 bits per heavy atom. The van der Waals surface area contributed by atoms with Crippen LogP contribution in [0.2, 0.25) is 0 Å². The van der Waals surface area contributed by atoms with Crippen molar-refractivity contribution < 1.29 is 9.53 Å². The van der Waals surface area contributed by atoms with E-state index in [1.807, 2.05) is 55.4 Å². The van der Waals surface area contributed by atoms with E-state index in [9.17, 15) is 9.59 Å². The van der Waals surface area contributed by atoms with E-state index < -0.39 is 0 Å². The molecule has 1 N–H and O–H groups in total. The summed E-state index contributed by atoms with van der Waals surface area (Å²) < 4.78 is 7.14. The molecule has 1 heterocycles. The molecule has 30 heavy (non-hydrogen) atoms. The summed E-state index contributed by atoms with van der Waals surface area (Å²) in [5.74, 6) is 0.659. The largest absolute Gasteiger partial charge is 0.455 e. The Hall–Kier alpha value is -3.16. The third-order valence-corrected chi connectivity index (χ3v) is 4.15. The molecule has 1 amide bonds. The first-order chi connectivity index (χ1) is 14.0. The summed E-state index contributed by atoms with van der Waals surface area (Å²) in [5, 5.41) is 7.29. The lowest BCUT2D eigenvalue weighted by Gasteiger charge is -2.14. The van der Waals surface area contributed by atoms with Gasteiger partial charge < -0.3 is 15.0 Å². The van der Waals surface area contributed by atoms with Crippen LogP contribution in [0.1, 0.15) is 5.69 Å². The number of nitrogens with one attached hydrogen (secondary N) is 1. The second kappa shape index (κ2) is 11.1. The lowest BCUT2D eigenvalue weighted by molar-refractivity contribution is -0.120. The van der Waals surface area contributed by atoms with E-state index in [2.05, 4.69) is 10.4 Å². The average molecular weight is 429 g/mol. The Labute approximate surface area is 181 Å². The predicted octanol–water partition coefficient (Wildman–Crippen LogP) is 2.67. The third-order valence-electron chi connectivity index (χ3n) is 4.15. The predicted molar refractivity (Wildman–Crippen MR) is 119 cm³/mol. The standard InChI is InChI=1S/C22H24N4O3.ClH/c1-25(2)14-13-23-21(27)15-19-20(29-18-11-7-4-8-12-18)16-22(28)26(24-19)17-9-5-3-6-10-17;/h3-12,16H,13-15H2,1-2H3,(H,23,27);1H. The van der Waals surface area contributed by atoms with Gasteiger partial charge in [-0.05, 0) is 38.4 Å². The van der Waals surface area contributed by atoms with E-state index in [-0.39, 0.29) is 36.0 Å². The molecule has 0 fully saturated rings. The number of likely N-dealkylation sites (N-methyl/N-ethyl adjacent to an activating group) is 1. The Morgan fingerprint density at radius 2 is 1.70 bits per heavy atom. The average Bonchev–Trinajstić information content (AvgIpc) is 2.71. The highest BCUT2D eigenvalue weighted by Gasteiger charge is 2.16. The van der Waals surface area contributed by atoms with Gasteiger partial charge in [0, 0.05) is 13.1 Å². The number of hydrogen-bond donors (Lipinski definition) is 1. The molecule has 0 aliphatic rings. The highest BCUT2D eigenvalue weighted by molar-refractivity contribution is 5.85. The van der Waals surface area contributed by atoms with E-state index in [1.165, 1.54) is 10.7 Å². The SMILES string of the molecule is CN(C)CCNC(=O)Cc1nn(-c2ccccc2)c(=O)cc1Oc1ccccc1.Cl. The molecular formula is C22H25ClN4O3. The van der Waals surface area contributed by atoms with Crippen LogP contribution in [0.3, 0.4) is 0 Å². The number of carbonyl (C=O) groups excluding carboxylic acids is 1. The minimum absolute atomic E-state index is 0. The fraction of sp³-hybridized carbons (Fsp3) is 0.227. The highest BCUT2D eigenvalue weighted by atomic mass is 35.5. The molecule has 8 heteroatoms. The zero-order valence-electron chi connectivity index (χ0n) is 16.9. The summed E-state index contributed by atoms with van der Waals surface area (Å²) >= 11 is 0. The lowest BCUT2D eigenvalue weighted by atomic mass is 10.2. The van der Waals surface area contributed by atoms with E-state index in [0.717, 1.165) is 6.54 Å². The maximum atomic E-state index is 12.6. The quantitative estimate of drug-likeness (QED) is 0.597. The van der Waals surface area contributed by atoms with Gasteiger partial charge in [-0.2, -0.15) is 9.78 Å². The lowest BCUT2D eigenvalue weighted by Crippen LogP contribution is -2.33. The molecule has 0 saturated carbocycles. The first-order valence-corrected chi connectivity index (χ1v) is 9.36. The van der Waals surface area contributed by atoms with Gasteiger partial charge in [-0.25, -0.2) is 0 Å². The van der Waals surface area contributed by atoms with Crippen molar-refractivity contribution in [2.24, 2.45) is 0 Å². The third kappa shape index (κ3) is 6.43. The van der Waals surface area contributed by atoms with Gasteiger partial charge in [0.15, 0.2) is 5.75 Å². The molecule has 0 bridgehead atoms. The summed E-state index contributed by atoms with van der Waals surface area (Å²) in [4.78, 5) is 27.0. The van der Waals surface area contributed by atoms with Gasteiger partial charge in [-0.1, -0.05) is 36.4 Å². The topological polar surface area (TPSA) is 76.5 Å². The second-order valence-corrected chi connectivity index (χ2v) is 6.79. The van der Waals surface area contributed by atoms with Gasteiger partial charge in [0.2, 0.25) is 5.91 Å². The number of carbonyl (C=O) groups is 1. The van der Waals surface area contributed by atoms with Crippen molar-refractivity contribution in [3.05, 3.63) is 82.8 Å². The number of hydrogen-bond acceptors (Lipinski definition) is 5. The molecule has 7 nitrogen and oxygen atoms in total. The zero-order chi connectivity index (χ0) is 20.6. The van der Waals surface area contributed by atoms with Crippen LogP contribution in [0.4, 0.5) is 0 Å². The highest BCUT2D eigenvalue weighted by Crippen LogP contribution is 2.23. The first-order valence-electron chi connectivity index (χ1n) is 9.36. The molecule has 0 spiro atoms. The van der Waals surface area contributed by atoms with Crippen LogP contribution < -0.4 is 15.6 Å². The Balaban J connectivity index is 0.00000320. The minimum atomic E-state index is -0.334. The van der Waals surface area contributed by atoms with Gasteiger partial charge in [0.1, 0.15) is 11.4 Å². The van der Waals surface area contributed by atoms with Crippen molar-refractivity contribution in [2.45, 2.75) is 6.42 Å². The summed E-state index contributed by atoms with van der Waals surface area (Å²) in [5.41, 5.74) is 0.677. The molecule has 0 aliphatic carbocycles. The molecule has 0 saturated heterocycles. The molecule has 3 aromatic rings. The van der Waals surface area contributed by atoms with Crippen molar-refractivity contribution in [1.29, 1.82) is 0 Å². The number of rotatable bonds is 8. The number of nitrogens with zero attached hydrogens (tertiary/aromatic N) is 3. The van der Waals surface area contributed by atoms with Crippen LogP contribution in [-0.4, -0.2) is 47.8 Å². The first kappa shape index (κ1) is 23.1. The molecule has 3 rings (SSSR count). The van der Waals surface area contributed by atoms with E-state index in [0.29, 0.717) is 23.7 Å².